The van der Waals surface area contributed by atoms with Gasteiger partial charge in [0, 0.05) is 19.2 Å². The summed E-state index contributed by atoms with van der Waals surface area (Å²) in [7, 11) is 1.75. The Bertz CT molecular complexity index is 452. The summed E-state index contributed by atoms with van der Waals surface area (Å²) < 4.78 is 5.19. The molecule has 0 aromatic heterocycles. The van der Waals surface area contributed by atoms with Gasteiger partial charge in [0.25, 0.3) is 0 Å². The molecule has 0 aliphatic carbocycles. The number of aliphatic hydroxyl groups excluding tert-OH is 2. The molecule has 20 heavy (non-hydrogen) atoms. The van der Waals surface area contributed by atoms with Crippen molar-refractivity contribution in [1.82, 2.24) is 4.90 Å². The number of ether oxygens (including phenoxy) is 1. The Balaban J connectivity index is 2.90. The summed E-state index contributed by atoms with van der Waals surface area (Å²) in [5.74, 6) is 0.192. The molecule has 0 fully saturated rings. The quantitative estimate of drug-likeness (QED) is 0.545. The van der Waals surface area contributed by atoms with Crippen LogP contribution in [0.25, 0.3) is 0 Å². The molecule has 0 saturated heterocycles. The van der Waals surface area contributed by atoms with Crippen LogP contribution in [0.2, 0.25) is 0 Å². The van der Waals surface area contributed by atoms with E-state index in [4.69, 9.17) is 9.84 Å². The molecule has 1 aromatic rings. The van der Waals surface area contributed by atoms with Crippen molar-refractivity contribution in [2.24, 2.45) is 0 Å². The molecular formula is C13H20N2O5. The van der Waals surface area contributed by atoms with E-state index < -0.39 is 11.0 Å². The predicted octanol–water partition coefficient (Wildman–Crippen LogP) is 0.951. The number of rotatable bonds is 8. The monoisotopic (exact) mass is 284 g/mol. The molecule has 1 aromatic carbocycles. The zero-order valence-corrected chi connectivity index (χ0v) is 11.7. The lowest BCUT2D eigenvalue weighted by Gasteiger charge is -2.19. The zero-order valence-electron chi connectivity index (χ0n) is 11.7. The first-order chi connectivity index (χ1) is 9.49. The third-order valence-corrected chi connectivity index (χ3v) is 2.83. The lowest BCUT2D eigenvalue weighted by atomic mass is 10.1. The summed E-state index contributed by atoms with van der Waals surface area (Å²) in [6.45, 7) is 2.78. The van der Waals surface area contributed by atoms with E-state index >= 15 is 0 Å². The molecule has 0 amide bonds. The molecule has 112 valence electrons. The van der Waals surface area contributed by atoms with Gasteiger partial charge in [-0.25, -0.2) is 0 Å². The summed E-state index contributed by atoms with van der Waals surface area (Å²) in [6.07, 6.45) is -0.860. The van der Waals surface area contributed by atoms with Crippen LogP contribution < -0.4 is 4.74 Å². The highest BCUT2D eigenvalue weighted by atomic mass is 16.6. The number of nitrogens with zero attached hydrogens (tertiary/aromatic N) is 2. The fourth-order valence-corrected chi connectivity index (χ4v) is 1.82. The van der Waals surface area contributed by atoms with Crippen LogP contribution >= 0.6 is 0 Å². The Morgan fingerprint density at radius 2 is 2.20 bits per heavy atom. The summed E-state index contributed by atoms with van der Waals surface area (Å²) in [5.41, 5.74) is 0.290. The van der Waals surface area contributed by atoms with Crippen molar-refractivity contribution in [3.63, 3.8) is 0 Å². The average molecular weight is 284 g/mol. The minimum atomic E-state index is -0.860. The molecule has 0 radical (unpaired) electrons. The van der Waals surface area contributed by atoms with Gasteiger partial charge in [0.05, 0.1) is 24.2 Å². The lowest BCUT2D eigenvalue weighted by Crippen LogP contribution is -2.27. The van der Waals surface area contributed by atoms with Crippen LogP contribution in [0.4, 0.5) is 5.69 Å². The van der Waals surface area contributed by atoms with Gasteiger partial charge in [0.1, 0.15) is 0 Å². The first-order valence-corrected chi connectivity index (χ1v) is 6.38. The first-order valence-electron chi connectivity index (χ1n) is 6.38. The maximum absolute atomic E-state index is 11.0. The van der Waals surface area contributed by atoms with Crippen molar-refractivity contribution < 1.29 is 19.9 Å². The van der Waals surface area contributed by atoms with E-state index in [2.05, 4.69) is 0 Å². The van der Waals surface area contributed by atoms with Gasteiger partial charge in [0.15, 0.2) is 5.75 Å². The topological polar surface area (TPSA) is 96.1 Å². The van der Waals surface area contributed by atoms with Crippen LogP contribution in [0, 0.1) is 10.1 Å². The fourth-order valence-electron chi connectivity index (χ4n) is 1.82. The molecule has 0 aliphatic heterocycles. The van der Waals surface area contributed by atoms with Crippen LogP contribution in [-0.2, 0) is 0 Å². The van der Waals surface area contributed by atoms with Crippen LogP contribution in [0.15, 0.2) is 18.2 Å². The Hall–Kier alpha value is -1.70. The molecule has 0 aliphatic rings. The van der Waals surface area contributed by atoms with Gasteiger partial charge >= 0.3 is 5.69 Å². The van der Waals surface area contributed by atoms with Gasteiger partial charge in [-0.05, 0) is 25.6 Å². The van der Waals surface area contributed by atoms with Crippen molar-refractivity contribution in [1.29, 1.82) is 0 Å². The van der Waals surface area contributed by atoms with Crippen molar-refractivity contribution in [3.05, 3.63) is 33.9 Å². The summed E-state index contributed by atoms with van der Waals surface area (Å²) >= 11 is 0. The maximum Gasteiger partial charge on any atom is 0.311 e. The van der Waals surface area contributed by atoms with E-state index in [1.807, 2.05) is 0 Å². The van der Waals surface area contributed by atoms with Crippen molar-refractivity contribution in [3.8, 4) is 5.75 Å². The molecule has 1 rings (SSSR count). The number of hydrogen-bond donors (Lipinski definition) is 2. The molecule has 2 N–H and O–H groups in total. The molecule has 0 bridgehead atoms. The number of likely N-dealkylation sites (N-methyl/N-ethyl adjacent to an activating group) is 1. The van der Waals surface area contributed by atoms with Crippen LogP contribution in [0.1, 0.15) is 18.6 Å². The highest BCUT2D eigenvalue weighted by Gasteiger charge is 2.19. The van der Waals surface area contributed by atoms with E-state index in [0.29, 0.717) is 18.7 Å². The van der Waals surface area contributed by atoms with Crippen LogP contribution in [-0.4, -0.2) is 53.4 Å². The van der Waals surface area contributed by atoms with Gasteiger partial charge in [-0.3, -0.25) is 10.1 Å². The van der Waals surface area contributed by atoms with Gasteiger partial charge in [0.2, 0.25) is 0 Å². The molecule has 0 spiro atoms. The molecule has 7 heteroatoms. The van der Waals surface area contributed by atoms with E-state index in [-0.39, 0.29) is 24.6 Å². The molecule has 1 unspecified atom stereocenters. The number of benzene rings is 1. The second kappa shape index (κ2) is 7.78. The number of nitro benzene ring substituents is 1. The highest BCUT2D eigenvalue weighted by Crippen LogP contribution is 2.30. The molecule has 0 heterocycles. The maximum atomic E-state index is 11.0. The Kier molecular flexibility index (Phi) is 6.37. The minimum absolute atomic E-state index is 0.00730. The van der Waals surface area contributed by atoms with Crippen molar-refractivity contribution >= 4 is 5.69 Å². The molecular weight excluding hydrogens is 264 g/mol. The van der Waals surface area contributed by atoms with E-state index in [1.54, 1.807) is 24.9 Å². The Morgan fingerprint density at radius 3 is 2.75 bits per heavy atom. The van der Waals surface area contributed by atoms with Crippen molar-refractivity contribution in [2.75, 3.05) is 33.4 Å². The standard InChI is InChI=1S/C13H20N2O5/c1-3-20-13-5-4-10(8-11(13)15(18)19)12(17)9-14(2)6-7-16/h4-5,8,12,16-17H,3,6-7,9H2,1-2H3. The van der Waals surface area contributed by atoms with E-state index in [0.717, 1.165) is 0 Å². The summed E-state index contributed by atoms with van der Waals surface area (Å²) in [5, 5.41) is 29.9. The minimum Gasteiger partial charge on any atom is -0.487 e. The normalized spacial score (nSPS) is 12.4. The number of hydrogen-bond acceptors (Lipinski definition) is 6. The molecule has 0 saturated carbocycles. The summed E-state index contributed by atoms with van der Waals surface area (Å²) in [6, 6.07) is 4.42. The smallest absolute Gasteiger partial charge is 0.311 e. The fraction of sp³-hybridized carbons (Fsp3) is 0.538. The number of nitro groups is 1. The summed E-state index contributed by atoms with van der Waals surface area (Å²) in [4.78, 5) is 12.2. The second-order valence-electron chi connectivity index (χ2n) is 4.42. The van der Waals surface area contributed by atoms with Crippen molar-refractivity contribution in [2.45, 2.75) is 13.0 Å². The number of aliphatic hydroxyl groups is 2. The Labute approximate surface area is 117 Å². The largest absolute Gasteiger partial charge is 0.487 e. The van der Waals surface area contributed by atoms with E-state index in [1.165, 1.54) is 12.1 Å². The molecule has 7 nitrogen and oxygen atoms in total. The van der Waals surface area contributed by atoms with Crippen LogP contribution in [0.5, 0.6) is 5.75 Å². The lowest BCUT2D eigenvalue weighted by molar-refractivity contribution is -0.386. The highest BCUT2D eigenvalue weighted by molar-refractivity contribution is 5.49. The van der Waals surface area contributed by atoms with Gasteiger partial charge in [-0.2, -0.15) is 0 Å². The predicted molar refractivity (Wildman–Crippen MR) is 73.8 cm³/mol. The van der Waals surface area contributed by atoms with Crippen LogP contribution in [0.3, 0.4) is 0 Å². The molecule has 1 atom stereocenters. The third kappa shape index (κ3) is 4.44. The zero-order chi connectivity index (χ0) is 15.1. The van der Waals surface area contributed by atoms with E-state index in [9.17, 15) is 15.2 Å². The SMILES string of the molecule is CCOc1ccc(C(O)CN(C)CCO)cc1[N+](=O)[O-]. The Morgan fingerprint density at radius 1 is 1.50 bits per heavy atom. The average Bonchev–Trinajstić information content (AvgIpc) is 2.39. The third-order valence-electron chi connectivity index (χ3n) is 2.83. The van der Waals surface area contributed by atoms with Gasteiger partial charge in [-0.15, -0.1) is 0 Å². The van der Waals surface area contributed by atoms with Gasteiger partial charge < -0.3 is 19.8 Å². The first kappa shape index (κ1) is 16.4. The van der Waals surface area contributed by atoms with Gasteiger partial charge in [-0.1, -0.05) is 6.07 Å². The second-order valence-corrected chi connectivity index (χ2v) is 4.42.